The van der Waals surface area contributed by atoms with Crippen molar-refractivity contribution in [3.05, 3.63) is 29.8 Å². The van der Waals surface area contributed by atoms with E-state index >= 15 is 0 Å². The number of carboxylic acid groups (broad SMARTS) is 1. The number of aromatic carboxylic acids is 1. The SMILES string of the molecule is O=C(O)c1cn(CCn2ccc(C(F)(F)F)n2)nn1. The van der Waals surface area contributed by atoms with Gasteiger partial charge in [-0.15, -0.1) is 5.10 Å². The van der Waals surface area contributed by atoms with Crippen molar-refractivity contribution in [2.75, 3.05) is 0 Å². The van der Waals surface area contributed by atoms with E-state index in [2.05, 4.69) is 15.4 Å². The maximum atomic E-state index is 12.3. The molecule has 1 N–H and O–H groups in total. The van der Waals surface area contributed by atoms with Crippen LogP contribution in [0.2, 0.25) is 0 Å². The van der Waals surface area contributed by atoms with Crippen LogP contribution in [0.5, 0.6) is 0 Å². The van der Waals surface area contributed by atoms with Crippen molar-refractivity contribution in [1.82, 2.24) is 24.8 Å². The molecule has 0 aliphatic rings. The molecule has 0 saturated carbocycles. The topological polar surface area (TPSA) is 85.8 Å². The zero-order valence-electron chi connectivity index (χ0n) is 9.37. The van der Waals surface area contributed by atoms with Gasteiger partial charge in [-0.25, -0.2) is 9.48 Å². The Hall–Kier alpha value is -2.39. The summed E-state index contributed by atoms with van der Waals surface area (Å²) in [7, 11) is 0. The maximum Gasteiger partial charge on any atom is 0.435 e. The monoisotopic (exact) mass is 275 g/mol. The van der Waals surface area contributed by atoms with Crippen LogP contribution in [0.15, 0.2) is 18.5 Å². The highest BCUT2D eigenvalue weighted by molar-refractivity contribution is 5.84. The zero-order chi connectivity index (χ0) is 14.0. The summed E-state index contributed by atoms with van der Waals surface area (Å²) in [6, 6.07) is 0.865. The third kappa shape index (κ3) is 3.09. The molecule has 0 radical (unpaired) electrons. The number of alkyl halides is 3. The van der Waals surface area contributed by atoms with Crippen molar-refractivity contribution in [3.63, 3.8) is 0 Å². The van der Waals surface area contributed by atoms with Crippen LogP contribution in [0, 0.1) is 0 Å². The second-order valence-electron chi connectivity index (χ2n) is 3.63. The smallest absolute Gasteiger partial charge is 0.435 e. The van der Waals surface area contributed by atoms with Crippen LogP contribution >= 0.6 is 0 Å². The number of carboxylic acids is 1. The van der Waals surface area contributed by atoms with Crippen molar-refractivity contribution < 1.29 is 23.1 Å². The molecule has 2 rings (SSSR count). The predicted octanol–water partition coefficient (Wildman–Crippen LogP) is 0.892. The van der Waals surface area contributed by atoms with Crippen LogP contribution in [0.4, 0.5) is 13.2 Å². The minimum absolute atomic E-state index is 0.124. The third-order valence-corrected chi connectivity index (χ3v) is 2.25. The first-order chi connectivity index (χ1) is 8.86. The fourth-order valence-electron chi connectivity index (χ4n) is 1.35. The molecule has 0 atom stereocenters. The molecule has 0 saturated heterocycles. The van der Waals surface area contributed by atoms with Gasteiger partial charge in [0, 0.05) is 6.20 Å². The molecule has 0 spiro atoms. The molecule has 2 aromatic heterocycles. The largest absolute Gasteiger partial charge is 0.476 e. The second-order valence-corrected chi connectivity index (χ2v) is 3.63. The molecule has 7 nitrogen and oxygen atoms in total. The van der Waals surface area contributed by atoms with Gasteiger partial charge < -0.3 is 5.11 Å². The van der Waals surface area contributed by atoms with Crippen LogP contribution in [-0.2, 0) is 19.3 Å². The number of hydrogen-bond donors (Lipinski definition) is 1. The number of hydrogen-bond acceptors (Lipinski definition) is 4. The van der Waals surface area contributed by atoms with Crippen molar-refractivity contribution in [2.24, 2.45) is 0 Å². The van der Waals surface area contributed by atoms with E-state index in [-0.39, 0.29) is 18.8 Å². The van der Waals surface area contributed by atoms with Gasteiger partial charge in [-0.05, 0) is 6.07 Å². The summed E-state index contributed by atoms with van der Waals surface area (Å²) >= 11 is 0. The summed E-state index contributed by atoms with van der Waals surface area (Å²) in [4.78, 5) is 10.5. The average Bonchev–Trinajstić information content (AvgIpc) is 2.95. The lowest BCUT2D eigenvalue weighted by atomic mass is 10.4. The zero-order valence-corrected chi connectivity index (χ0v) is 9.37. The molecular formula is C9H8F3N5O2. The third-order valence-electron chi connectivity index (χ3n) is 2.25. The van der Waals surface area contributed by atoms with E-state index in [0.717, 1.165) is 10.7 Å². The molecule has 0 fully saturated rings. The van der Waals surface area contributed by atoms with E-state index < -0.39 is 17.8 Å². The van der Waals surface area contributed by atoms with Gasteiger partial charge in [0.05, 0.1) is 19.3 Å². The van der Waals surface area contributed by atoms with Crippen LogP contribution in [-0.4, -0.2) is 35.9 Å². The average molecular weight is 275 g/mol. The van der Waals surface area contributed by atoms with Crippen LogP contribution in [0.3, 0.4) is 0 Å². The van der Waals surface area contributed by atoms with Gasteiger partial charge in [0.15, 0.2) is 11.4 Å². The molecule has 10 heteroatoms. The quantitative estimate of drug-likeness (QED) is 0.895. The standard InChI is InChI=1S/C9H8F3N5O2/c10-9(11,12)7-1-2-16(14-7)3-4-17-5-6(8(18)19)13-15-17/h1-2,5H,3-4H2,(H,18,19). The molecule has 2 aromatic rings. The summed E-state index contributed by atoms with van der Waals surface area (Å²) in [5.41, 5.74) is -1.20. The van der Waals surface area contributed by atoms with Crippen molar-refractivity contribution >= 4 is 5.97 Å². The molecule has 0 amide bonds. The first kappa shape index (κ1) is 13.1. The Morgan fingerprint density at radius 3 is 2.53 bits per heavy atom. The molecule has 19 heavy (non-hydrogen) atoms. The highest BCUT2D eigenvalue weighted by atomic mass is 19.4. The fourth-order valence-corrected chi connectivity index (χ4v) is 1.35. The minimum atomic E-state index is -4.48. The number of halogens is 3. The number of aromatic nitrogens is 5. The molecule has 102 valence electrons. The lowest BCUT2D eigenvalue weighted by molar-refractivity contribution is -0.141. The lowest BCUT2D eigenvalue weighted by Gasteiger charge is -2.02. The van der Waals surface area contributed by atoms with Crippen molar-refractivity contribution in [2.45, 2.75) is 19.3 Å². The molecule has 0 bridgehead atoms. The first-order valence-corrected chi connectivity index (χ1v) is 5.10. The van der Waals surface area contributed by atoms with Crippen molar-refractivity contribution in [3.8, 4) is 0 Å². The normalized spacial score (nSPS) is 11.7. The number of aryl methyl sites for hydroxylation is 2. The Morgan fingerprint density at radius 2 is 2.00 bits per heavy atom. The Kier molecular flexibility index (Phi) is 3.23. The number of rotatable bonds is 4. The highest BCUT2D eigenvalue weighted by Crippen LogP contribution is 2.27. The minimum Gasteiger partial charge on any atom is -0.476 e. The molecule has 0 aliphatic carbocycles. The maximum absolute atomic E-state index is 12.3. The second kappa shape index (κ2) is 4.71. The van der Waals surface area contributed by atoms with Gasteiger partial charge in [-0.3, -0.25) is 4.68 Å². The van der Waals surface area contributed by atoms with Crippen molar-refractivity contribution in [1.29, 1.82) is 0 Å². The predicted molar refractivity (Wildman–Crippen MR) is 54.2 cm³/mol. The van der Waals surface area contributed by atoms with E-state index in [1.54, 1.807) is 0 Å². The molecule has 0 aliphatic heterocycles. The highest BCUT2D eigenvalue weighted by Gasteiger charge is 2.33. The van der Waals surface area contributed by atoms with E-state index in [4.69, 9.17) is 5.11 Å². The van der Waals surface area contributed by atoms with E-state index in [1.807, 2.05) is 0 Å². The van der Waals surface area contributed by atoms with Gasteiger partial charge in [0.25, 0.3) is 0 Å². The van der Waals surface area contributed by atoms with E-state index in [9.17, 15) is 18.0 Å². The summed E-state index contributed by atoms with van der Waals surface area (Å²) < 4.78 is 39.2. The molecule has 0 unspecified atom stereocenters. The Balaban J connectivity index is 1.98. The summed E-state index contributed by atoms with van der Waals surface area (Å²) in [6.45, 7) is 0.289. The Bertz CT molecular complexity index is 589. The van der Waals surface area contributed by atoms with Crippen LogP contribution < -0.4 is 0 Å². The number of nitrogens with zero attached hydrogens (tertiary/aromatic N) is 5. The van der Waals surface area contributed by atoms with E-state index in [1.165, 1.54) is 17.1 Å². The van der Waals surface area contributed by atoms with Gasteiger partial charge in [-0.1, -0.05) is 5.21 Å². The number of carbonyl (C=O) groups is 1. The van der Waals surface area contributed by atoms with E-state index in [0.29, 0.717) is 0 Å². The lowest BCUT2D eigenvalue weighted by Crippen LogP contribution is -2.11. The van der Waals surface area contributed by atoms with Gasteiger partial charge in [-0.2, -0.15) is 18.3 Å². The first-order valence-electron chi connectivity index (χ1n) is 5.10. The van der Waals surface area contributed by atoms with Crippen LogP contribution in [0.25, 0.3) is 0 Å². The summed E-state index contributed by atoms with van der Waals surface area (Å²) in [5, 5.41) is 18.9. The summed E-state index contributed by atoms with van der Waals surface area (Å²) in [5.74, 6) is -1.22. The fraction of sp³-hybridized carbons (Fsp3) is 0.333. The summed E-state index contributed by atoms with van der Waals surface area (Å²) in [6.07, 6.45) is -2.09. The van der Waals surface area contributed by atoms with Crippen LogP contribution in [0.1, 0.15) is 16.2 Å². The van der Waals surface area contributed by atoms with Gasteiger partial charge >= 0.3 is 12.1 Å². The molecular weight excluding hydrogens is 267 g/mol. The van der Waals surface area contributed by atoms with Gasteiger partial charge in [0.1, 0.15) is 0 Å². The van der Waals surface area contributed by atoms with Gasteiger partial charge in [0.2, 0.25) is 0 Å². The molecule has 2 heterocycles. The molecule has 0 aromatic carbocycles. The Morgan fingerprint density at radius 1 is 1.32 bits per heavy atom. The Labute approximate surface area is 104 Å².